The highest BCUT2D eigenvalue weighted by Crippen LogP contribution is 2.25. The number of aryl methyl sites for hydroxylation is 1. The second kappa shape index (κ2) is 5.34. The Balaban J connectivity index is 1.68. The first-order chi connectivity index (χ1) is 9.33. The SMILES string of the molecule is Cc1cc(N2CCCC2)ccc1NCc1cnc[nH]1. The molecule has 0 radical (unpaired) electrons. The maximum absolute atomic E-state index is 4.02. The largest absolute Gasteiger partial charge is 0.379 e. The summed E-state index contributed by atoms with van der Waals surface area (Å²) in [7, 11) is 0. The molecule has 0 aliphatic carbocycles. The van der Waals surface area contributed by atoms with Crippen molar-refractivity contribution >= 4 is 11.4 Å². The van der Waals surface area contributed by atoms with Crippen molar-refractivity contribution in [2.45, 2.75) is 26.3 Å². The second-order valence-corrected chi connectivity index (χ2v) is 5.12. The normalized spacial score (nSPS) is 14.9. The van der Waals surface area contributed by atoms with Gasteiger partial charge in [0.1, 0.15) is 0 Å². The predicted molar refractivity (Wildman–Crippen MR) is 78.5 cm³/mol. The average Bonchev–Trinajstić information content (AvgIpc) is 3.10. The van der Waals surface area contributed by atoms with Crippen LogP contribution in [-0.2, 0) is 6.54 Å². The Labute approximate surface area is 113 Å². The molecule has 4 heteroatoms. The van der Waals surface area contributed by atoms with E-state index in [-0.39, 0.29) is 0 Å². The van der Waals surface area contributed by atoms with Gasteiger partial charge in [-0.2, -0.15) is 0 Å². The molecule has 2 heterocycles. The van der Waals surface area contributed by atoms with Crippen molar-refractivity contribution in [2.75, 3.05) is 23.3 Å². The number of benzene rings is 1. The third-order valence-electron chi connectivity index (χ3n) is 3.71. The Morgan fingerprint density at radius 2 is 2.16 bits per heavy atom. The summed E-state index contributed by atoms with van der Waals surface area (Å²) in [6.45, 7) is 5.33. The van der Waals surface area contributed by atoms with Gasteiger partial charge >= 0.3 is 0 Å². The molecule has 0 bridgehead atoms. The molecule has 0 atom stereocenters. The van der Waals surface area contributed by atoms with Crippen molar-refractivity contribution in [2.24, 2.45) is 0 Å². The number of aromatic amines is 1. The summed E-state index contributed by atoms with van der Waals surface area (Å²) in [5.74, 6) is 0. The molecule has 0 unspecified atom stereocenters. The van der Waals surface area contributed by atoms with E-state index in [1.165, 1.54) is 42.9 Å². The minimum Gasteiger partial charge on any atom is -0.379 e. The van der Waals surface area contributed by atoms with Gasteiger partial charge in [0.15, 0.2) is 0 Å². The summed E-state index contributed by atoms with van der Waals surface area (Å²) in [5, 5.41) is 3.44. The Morgan fingerprint density at radius 1 is 1.32 bits per heavy atom. The highest BCUT2D eigenvalue weighted by atomic mass is 15.1. The molecule has 100 valence electrons. The molecule has 0 spiro atoms. The molecule has 2 N–H and O–H groups in total. The first kappa shape index (κ1) is 12.1. The highest BCUT2D eigenvalue weighted by Gasteiger charge is 2.12. The average molecular weight is 256 g/mol. The lowest BCUT2D eigenvalue weighted by Crippen LogP contribution is -2.17. The molecule has 2 aromatic rings. The van der Waals surface area contributed by atoms with Crippen LogP contribution in [0.15, 0.2) is 30.7 Å². The molecule has 0 saturated carbocycles. The summed E-state index contributed by atoms with van der Waals surface area (Å²) in [6.07, 6.45) is 6.19. The number of H-pyrrole nitrogens is 1. The summed E-state index contributed by atoms with van der Waals surface area (Å²) in [4.78, 5) is 9.59. The standard InChI is InChI=1S/C15H20N4/c1-12-8-14(19-6-2-3-7-19)4-5-15(12)17-10-13-9-16-11-18-13/h4-5,8-9,11,17H,2-3,6-7,10H2,1H3,(H,16,18). The number of nitrogens with one attached hydrogen (secondary N) is 2. The van der Waals surface area contributed by atoms with E-state index in [1.807, 2.05) is 6.20 Å². The van der Waals surface area contributed by atoms with Gasteiger partial charge in [0.05, 0.1) is 18.6 Å². The summed E-state index contributed by atoms with van der Waals surface area (Å²) in [5.41, 5.74) is 4.94. The van der Waals surface area contributed by atoms with Crippen molar-refractivity contribution in [3.8, 4) is 0 Å². The lowest BCUT2D eigenvalue weighted by atomic mass is 10.1. The van der Waals surface area contributed by atoms with E-state index in [1.54, 1.807) is 6.33 Å². The van der Waals surface area contributed by atoms with Crippen LogP contribution >= 0.6 is 0 Å². The zero-order valence-corrected chi connectivity index (χ0v) is 11.3. The highest BCUT2D eigenvalue weighted by molar-refractivity contribution is 5.60. The van der Waals surface area contributed by atoms with Gasteiger partial charge in [-0.25, -0.2) is 4.98 Å². The minimum atomic E-state index is 0.782. The number of rotatable bonds is 4. The maximum Gasteiger partial charge on any atom is 0.0922 e. The molecule has 3 rings (SSSR count). The van der Waals surface area contributed by atoms with Crippen LogP contribution in [-0.4, -0.2) is 23.1 Å². The van der Waals surface area contributed by atoms with Crippen LogP contribution < -0.4 is 10.2 Å². The predicted octanol–water partition coefficient (Wildman–Crippen LogP) is 2.93. The zero-order chi connectivity index (χ0) is 13.1. The Bertz CT molecular complexity index is 527. The van der Waals surface area contributed by atoms with Crippen LogP contribution in [0.3, 0.4) is 0 Å². The van der Waals surface area contributed by atoms with Gasteiger partial charge in [0.25, 0.3) is 0 Å². The minimum absolute atomic E-state index is 0.782. The fraction of sp³-hybridized carbons (Fsp3) is 0.400. The molecule has 1 saturated heterocycles. The summed E-state index contributed by atoms with van der Waals surface area (Å²) < 4.78 is 0. The molecule has 1 aromatic heterocycles. The number of imidazole rings is 1. The van der Waals surface area contributed by atoms with Gasteiger partial charge in [-0.1, -0.05) is 0 Å². The molecule has 0 amide bonds. The second-order valence-electron chi connectivity index (χ2n) is 5.12. The smallest absolute Gasteiger partial charge is 0.0922 e. The van der Waals surface area contributed by atoms with Crippen LogP contribution in [0.4, 0.5) is 11.4 Å². The molecular weight excluding hydrogens is 236 g/mol. The maximum atomic E-state index is 4.02. The van der Waals surface area contributed by atoms with Gasteiger partial charge in [-0.05, 0) is 43.5 Å². The molecule has 19 heavy (non-hydrogen) atoms. The quantitative estimate of drug-likeness (QED) is 0.884. The molecule has 1 fully saturated rings. The van der Waals surface area contributed by atoms with Gasteiger partial charge in [0, 0.05) is 30.7 Å². The van der Waals surface area contributed by atoms with Crippen LogP contribution in [0, 0.1) is 6.92 Å². The van der Waals surface area contributed by atoms with E-state index < -0.39 is 0 Å². The lowest BCUT2D eigenvalue weighted by molar-refractivity contribution is 0.949. The van der Waals surface area contributed by atoms with Crippen molar-refractivity contribution in [3.05, 3.63) is 42.0 Å². The lowest BCUT2D eigenvalue weighted by Gasteiger charge is -2.19. The van der Waals surface area contributed by atoms with Gasteiger partial charge in [0.2, 0.25) is 0 Å². The van der Waals surface area contributed by atoms with Crippen LogP contribution in [0.1, 0.15) is 24.1 Å². The third kappa shape index (κ3) is 2.72. The monoisotopic (exact) mass is 256 g/mol. The van der Waals surface area contributed by atoms with Gasteiger partial charge < -0.3 is 15.2 Å². The van der Waals surface area contributed by atoms with E-state index >= 15 is 0 Å². The van der Waals surface area contributed by atoms with Crippen LogP contribution in [0.25, 0.3) is 0 Å². The van der Waals surface area contributed by atoms with E-state index in [4.69, 9.17) is 0 Å². The van der Waals surface area contributed by atoms with Crippen molar-refractivity contribution in [3.63, 3.8) is 0 Å². The fourth-order valence-electron chi connectivity index (χ4n) is 2.59. The van der Waals surface area contributed by atoms with Crippen molar-refractivity contribution in [1.29, 1.82) is 0 Å². The third-order valence-corrected chi connectivity index (χ3v) is 3.71. The van der Waals surface area contributed by atoms with Gasteiger partial charge in [-0.15, -0.1) is 0 Å². The van der Waals surface area contributed by atoms with E-state index in [0.717, 1.165) is 12.2 Å². The molecule has 1 aliphatic rings. The summed E-state index contributed by atoms with van der Waals surface area (Å²) >= 11 is 0. The summed E-state index contributed by atoms with van der Waals surface area (Å²) in [6, 6.07) is 6.67. The number of hydrogen-bond acceptors (Lipinski definition) is 3. The Hall–Kier alpha value is -1.97. The zero-order valence-electron chi connectivity index (χ0n) is 11.3. The number of nitrogens with zero attached hydrogens (tertiary/aromatic N) is 2. The van der Waals surface area contributed by atoms with E-state index in [0.29, 0.717) is 0 Å². The van der Waals surface area contributed by atoms with Crippen LogP contribution in [0.2, 0.25) is 0 Å². The van der Waals surface area contributed by atoms with Gasteiger partial charge in [-0.3, -0.25) is 0 Å². The molecule has 4 nitrogen and oxygen atoms in total. The Kier molecular flexibility index (Phi) is 3.40. The van der Waals surface area contributed by atoms with E-state index in [2.05, 4.69) is 45.3 Å². The number of hydrogen-bond donors (Lipinski definition) is 2. The molecular formula is C15H20N4. The Morgan fingerprint density at radius 3 is 2.84 bits per heavy atom. The number of aromatic nitrogens is 2. The number of anilines is 2. The van der Waals surface area contributed by atoms with Crippen molar-refractivity contribution in [1.82, 2.24) is 9.97 Å². The molecule has 1 aromatic carbocycles. The topological polar surface area (TPSA) is 44.0 Å². The van der Waals surface area contributed by atoms with Crippen molar-refractivity contribution < 1.29 is 0 Å². The first-order valence-corrected chi connectivity index (χ1v) is 6.89. The molecule has 1 aliphatic heterocycles. The first-order valence-electron chi connectivity index (χ1n) is 6.89. The fourth-order valence-corrected chi connectivity index (χ4v) is 2.59. The van der Waals surface area contributed by atoms with E-state index in [9.17, 15) is 0 Å². The van der Waals surface area contributed by atoms with Crippen LogP contribution in [0.5, 0.6) is 0 Å².